The number of hydrogen-bond donors (Lipinski definition) is 1. The molecule has 2 N–H and O–H groups in total. The molecule has 0 saturated carbocycles. The highest BCUT2D eigenvalue weighted by Crippen LogP contribution is 2.12. The summed E-state index contributed by atoms with van der Waals surface area (Å²) in [5.41, 5.74) is 8.23. The van der Waals surface area contributed by atoms with Crippen LogP contribution in [0.15, 0.2) is 47.1 Å². The van der Waals surface area contributed by atoms with Crippen molar-refractivity contribution < 1.29 is 4.42 Å². The molecule has 0 atom stereocenters. The van der Waals surface area contributed by atoms with Gasteiger partial charge >= 0.3 is 0 Å². The standard InChI is InChI=1S/C17H24N2O/c1-15-6-8-16(9-7-15)13-19(11-3-2-10-18)14-17-5-4-12-20-17/h4-9,12H,2-3,10-11,13-14,18H2,1H3. The molecule has 0 unspecified atom stereocenters. The van der Waals surface area contributed by atoms with Crippen LogP contribution in [0.5, 0.6) is 0 Å². The minimum absolute atomic E-state index is 0.763. The normalized spacial score (nSPS) is 11.2. The number of furan rings is 1. The Morgan fingerprint density at radius 2 is 1.85 bits per heavy atom. The monoisotopic (exact) mass is 272 g/mol. The number of rotatable bonds is 8. The van der Waals surface area contributed by atoms with Crippen molar-refractivity contribution in [1.29, 1.82) is 0 Å². The first-order chi connectivity index (χ1) is 9.78. The van der Waals surface area contributed by atoms with E-state index >= 15 is 0 Å². The summed E-state index contributed by atoms with van der Waals surface area (Å²) in [4.78, 5) is 2.42. The third kappa shape index (κ3) is 4.83. The number of benzene rings is 1. The van der Waals surface area contributed by atoms with Crippen LogP contribution >= 0.6 is 0 Å². The quantitative estimate of drug-likeness (QED) is 0.750. The fourth-order valence-electron chi connectivity index (χ4n) is 2.27. The first-order valence-corrected chi connectivity index (χ1v) is 7.28. The Hall–Kier alpha value is -1.58. The average Bonchev–Trinajstić information content (AvgIpc) is 2.94. The van der Waals surface area contributed by atoms with Crippen LogP contribution in [0.2, 0.25) is 0 Å². The minimum Gasteiger partial charge on any atom is -0.468 e. The zero-order chi connectivity index (χ0) is 14.2. The van der Waals surface area contributed by atoms with Crippen LogP contribution in [0.4, 0.5) is 0 Å². The van der Waals surface area contributed by atoms with Crippen molar-refractivity contribution in [3.8, 4) is 0 Å². The Morgan fingerprint density at radius 1 is 1.05 bits per heavy atom. The van der Waals surface area contributed by atoms with Crippen LogP contribution in [-0.4, -0.2) is 18.0 Å². The van der Waals surface area contributed by atoms with Crippen molar-refractivity contribution in [2.75, 3.05) is 13.1 Å². The molecule has 0 aliphatic carbocycles. The van der Waals surface area contributed by atoms with Crippen LogP contribution in [0.25, 0.3) is 0 Å². The zero-order valence-electron chi connectivity index (χ0n) is 12.2. The molecule has 0 spiro atoms. The Kier molecular flexibility index (Phi) is 5.84. The molecule has 0 aliphatic heterocycles. The SMILES string of the molecule is Cc1ccc(CN(CCCCN)Cc2ccco2)cc1. The van der Waals surface area contributed by atoms with Crippen LogP contribution in [0.1, 0.15) is 29.7 Å². The lowest BCUT2D eigenvalue weighted by Crippen LogP contribution is -2.24. The zero-order valence-corrected chi connectivity index (χ0v) is 12.2. The van der Waals surface area contributed by atoms with Crippen molar-refractivity contribution in [3.63, 3.8) is 0 Å². The van der Waals surface area contributed by atoms with E-state index in [-0.39, 0.29) is 0 Å². The summed E-state index contributed by atoms with van der Waals surface area (Å²) in [6.45, 7) is 5.73. The number of unbranched alkanes of at least 4 members (excludes halogenated alkanes) is 1. The summed E-state index contributed by atoms with van der Waals surface area (Å²) in [5.74, 6) is 1.02. The van der Waals surface area contributed by atoms with Gasteiger partial charge in [-0.1, -0.05) is 29.8 Å². The smallest absolute Gasteiger partial charge is 0.117 e. The molecular weight excluding hydrogens is 248 g/mol. The van der Waals surface area contributed by atoms with E-state index in [2.05, 4.69) is 36.1 Å². The van der Waals surface area contributed by atoms with E-state index in [0.29, 0.717) is 0 Å². The van der Waals surface area contributed by atoms with Crippen LogP contribution in [0.3, 0.4) is 0 Å². The van der Waals surface area contributed by atoms with E-state index in [1.807, 2.05) is 12.1 Å². The summed E-state index contributed by atoms with van der Waals surface area (Å²) in [6.07, 6.45) is 3.94. The maximum atomic E-state index is 5.58. The molecule has 20 heavy (non-hydrogen) atoms. The molecule has 2 rings (SSSR count). The Morgan fingerprint density at radius 3 is 2.50 bits per heavy atom. The Balaban J connectivity index is 1.95. The van der Waals surface area contributed by atoms with Gasteiger partial charge in [0.15, 0.2) is 0 Å². The van der Waals surface area contributed by atoms with Crippen molar-refractivity contribution >= 4 is 0 Å². The van der Waals surface area contributed by atoms with Gasteiger partial charge in [-0.3, -0.25) is 4.90 Å². The van der Waals surface area contributed by atoms with E-state index in [1.54, 1.807) is 6.26 Å². The molecule has 0 bridgehead atoms. The average molecular weight is 272 g/mol. The van der Waals surface area contributed by atoms with Crippen molar-refractivity contribution in [3.05, 3.63) is 59.5 Å². The van der Waals surface area contributed by atoms with Gasteiger partial charge in [0.05, 0.1) is 12.8 Å². The van der Waals surface area contributed by atoms with Crippen LogP contribution in [0, 0.1) is 6.92 Å². The summed E-state index contributed by atoms with van der Waals surface area (Å²) in [7, 11) is 0. The van der Waals surface area contributed by atoms with Crippen LogP contribution < -0.4 is 5.73 Å². The van der Waals surface area contributed by atoms with Gasteiger partial charge in [-0.2, -0.15) is 0 Å². The predicted octanol–water partition coefficient (Wildman–Crippen LogP) is 3.33. The fourth-order valence-corrected chi connectivity index (χ4v) is 2.27. The number of nitrogens with zero attached hydrogens (tertiary/aromatic N) is 1. The van der Waals surface area contributed by atoms with Crippen molar-refractivity contribution in [1.82, 2.24) is 4.90 Å². The lowest BCUT2D eigenvalue weighted by atomic mass is 10.1. The van der Waals surface area contributed by atoms with E-state index in [0.717, 1.165) is 44.8 Å². The lowest BCUT2D eigenvalue weighted by Gasteiger charge is -2.21. The third-order valence-corrected chi connectivity index (χ3v) is 3.41. The molecule has 3 heteroatoms. The van der Waals surface area contributed by atoms with Gasteiger partial charge < -0.3 is 10.2 Å². The highest BCUT2D eigenvalue weighted by molar-refractivity contribution is 5.21. The molecule has 0 amide bonds. The second-order valence-corrected chi connectivity index (χ2v) is 5.27. The van der Waals surface area contributed by atoms with Gasteiger partial charge in [0.25, 0.3) is 0 Å². The Bertz CT molecular complexity index is 476. The second kappa shape index (κ2) is 7.88. The van der Waals surface area contributed by atoms with E-state index in [4.69, 9.17) is 10.2 Å². The molecule has 108 valence electrons. The number of aryl methyl sites for hydroxylation is 1. The molecular formula is C17H24N2O. The highest BCUT2D eigenvalue weighted by Gasteiger charge is 2.08. The van der Waals surface area contributed by atoms with Gasteiger partial charge in [-0.15, -0.1) is 0 Å². The van der Waals surface area contributed by atoms with E-state index in [1.165, 1.54) is 11.1 Å². The fraction of sp³-hybridized carbons (Fsp3) is 0.412. The first kappa shape index (κ1) is 14.8. The van der Waals surface area contributed by atoms with Crippen molar-refractivity contribution in [2.45, 2.75) is 32.9 Å². The Labute approximate surface area is 121 Å². The summed E-state index contributed by atoms with van der Waals surface area (Å²) in [5, 5.41) is 0. The maximum Gasteiger partial charge on any atom is 0.117 e. The van der Waals surface area contributed by atoms with Gasteiger partial charge in [0.2, 0.25) is 0 Å². The second-order valence-electron chi connectivity index (χ2n) is 5.27. The molecule has 0 saturated heterocycles. The van der Waals surface area contributed by atoms with Gasteiger partial charge in [0.1, 0.15) is 5.76 Å². The van der Waals surface area contributed by atoms with E-state index in [9.17, 15) is 0 Å². The van der Waals surface area contributed by atoms with E-state index < -0.39 is 0 Å². The summed E-state index contributed by atoms with van der Waals surface area (Å²) < 4.78 is 5.46. The largest absolute Gasteiger partial charge is 0.468 e. The third-order valence-electron chi connectivity index (χ3n) is 3.41. The van der Waals surface area contributed by atoms with Crippen molar-refractivity contribution in [2.24, 2.45) is 5.73 Å². The van der Waals surface area contributed by atoms with Gasteiger partial charge in [-0.05, 0) is 50.6 Å². The van der Waals surface area contributed by atoms with Crippen LogP contribution in [-0.2, 0) is 13.1 Å². The maximum absolute atomic E-state index is 5.58. The molecule has 0 aliphatic rings. The molecule has 0 fully saturated rings. The lowest BCUT2D eigenvalue weighted by molar-refractivity contribution is 0.231. The minimum atomic E-state index is 0.763. The molecule has 1 aromatic heterocycles. The summed E-state index contributed by atoms with van der Waals surface area (Å²) in [6, 6.07) is 12.7. The molecule has 0 radical (unpaired) electrons. The first-order valence-electron chi connectivity index (χ1n) is 7.28. The molecule has 1 heterocycles. The van der Waals surface area contributed by atoms with Gasteiger partial charge in [0, 0.05) is 6.54 Å². The number of hydrogen-bond acceptors (Lipinski definition) is 3. The topological polar surface area (TPSA) is 42.4 Å². The molecule has 2 aromatic rings. The molecule has 3 nitrogen and oxygen atoms in total. The number of nitrogens with two attached hydrogens (primary N) is 1. The molecule has 1 aromatic carbocycles. The summed E-state index contributed by atoms with van der Waals surface area (Å²) >= 11 is 0. The highest BCUT2D eigenvalue weighted by atomic mass is 16.3. The van der Waals surface area contributed by atoms with Gasteiger partial charge in [-0.25, -0.2) is 0 Å². The predicted molar refractivity (Wildman–Crippen MR) is 82.3 cm³/mol.